The molecule has 1 saturated heterocycles. The molecule has 0 aromatic heterocycles. The zero-order valence-electron chi connectivity index (χ0n) is 13.3. The molecule has 1 heterocycles. The molecule has 2 atom stereocenters. The fraction of sp³-hybridized carbons (Fsp3) is 0.588. The predicted molar refractivity (Wildman–Crippen MR) is 84.2 cm³/mol. The average molecular weight is 290 g/mol. The Morgan fingerprint density at radius 3 is 2.67 bits per heavy atom. The summed E-state index contributed by atoms with van der Waals surface area (Å²) in [4.78, 5) is 16.2. The first-order valence-electron chi connectivity index (χ1n) is 7.59. The van der Waals surface area contributed by atoms with Crippen LogP contribution in [-0.2, 0) is 16.0 Å². The van der Waals surface area contributed by atoms with Gasteiger partial charge in [0.05, 0.1) is 12.6 Å². The van der Waals surface area contributed by atoms with E-state index >= 15 is 0 Å². The van der Waals surface area contributed by atoms with E-state index < -0.39 is 0 Å². The van der Waals surface area contributed by atoms with Crippen LogP contribution in [0.25, 0.3) is 0 Å². The van der Waals surface area contributed by atoms with Crippen LogP contribution in [0.2, 0.25) is 0 Å². The summed E-state index contributed by atoms with van der Waals surface area (Å²) in [5.74, 6) is 0.588. The van der Waals surface area contributed by atoms with Crippen LogP contribution in [0, 0.1) is 5.92 Å². The Morgan fingerprint density at radius 2 is 2.05 bits per heavy atom. The molecule has 0 bridgehead atoms. The Kier molecular flexibility index (Phi) is 5.76. The highest BCUT2D eigenvalue weighted by Gasteiger charge is 2.31. The molecule has 0 aliphatic carbocycles. The van der Waals surface area contributed by atoms with E-state index in [4.69, 9.17) is 4.74 Å². The third-order valence-electron chi connectivity index (χ3n) is 4.11. The highest BCUT2D eigenvalue weighted by atomic mass is 16.5. The Balaban J connectivity index is 2.00. The van der Waals surface area contributed by atoms with Gasteiger partial charge in [-0.15, -0.1) is 0 Å². The second-order valence-electron chi connectivity index (χ2n) is 6.09. The molecule has 0 N–H and O–H groups in total. The monoisotopic (exact) mass is 290 g/mol. The molecule has 4 heteroatoms. The first-order valence-corrected chi connectivity index (χ1v) is 7.59. The number of likely N-dealkylation sites (tertiary alicyclic amines) is 1. The van der Waals surface area contributed by atoms with Crippen LogP contribution in [0.5, 0.6) is 0 Å². The molecule has 0 radical (unpaired) electrons. The largest absolute Gasteiger partial charge is 0.381 e. The summed E-state index contributed by atoms with van der Waals surface area (Å²) in [5, 5.41) is 0. The van der Waals surface area contributed by atoms with Crippen molar-refractivity contribution in [2.24, 2.45) is 5.92 Å². The van der Waals surface area contributed by atoms with Gasteiger partial charge in [0.25, 0.3) is 0 Å². The third-order valence-corrected chi connectivity index (χ3v) is 4.11. The van der Waals surface area contributed by atoms with E-state index in [9.17, 15) is 4.79 Å². The van der Waals surface area contributed by atoms with E-state index in [0.29, 0.717) is 12.5 Å². The zero-order valence-corrected chi connectivity index (χ0v) is 13.3. The Labute approximate surface area is 127 Å². The van der Waals surface area contributed by atoms with E-state index in [2.05, 4.69) is 24.3 Å². The van der Waals surface area contributed by atoms with E-state index in [0.717, 1.165) is 25.9 Å². The zero-order chi connectivity index (χ0) is 15.2. The highest BCUT2D eigenvalue weighted by Crippen LogP contribution is 2.23. The Bertz CT molecular complexity index is 447. The van der Waals surface area contributed by atoms with Crippen LogP contribution >= 0.6 is 0 Å². The molecule has 21 heavy (non-hydrogen) atoms. The van der Waals surface area contributed by atoms with Gasteiger partial charge in [-0.2, -0.15) is 0 Å². The molecular formula is C17H26N2O2. The van der Waals surface area contributed by atoms with E-state index in [1.54, 1.807) is 7.11 Å². The molecule has 1 aromatic rings. The van der Waals surface area contributed by atoms with Crippen LogP contribution in [0.15, 0.2) is 30.3 Å². The van der Waals surface area contributed by atoms with Crippen LogP contribution in [0.3, 0.4) is 0 Å². The predicted octanol–water partition coefficient (Wildman–Crippen LogP) is 1.65. The van der Waals surface area contributed by atoms with Gasteiger partial charge in [0.1, 0.15) is 0 Å². The lowest BCUT2D eigenvalue weighted by molar-refractivity contribution is -0.136. The summed E-state index contributed by atoms with van der Waals surface area (Å²) < 4.78 is 5.64. The number of piperidine rings is 1. The number of ether oxygens (including phenoxy) is 1. The van der Waals surface area contributed by atoms with Crippen molar-refractivity contribution in [3.63, 3.8) is 0 Å². The van der Waals surface area contributed by atoms with E-state index in [1.165, 1.54) is 5.56 Å². The number of methoxy groups -OCH3 is 1. The number of amides is 1. The number of carbonyl (C=O) groups is 1. The van der Waals surface area contributed by atoms with Crippen molar-refractivity contribution in [3.05, 3.63) is 35.9 Å². The summed E-state index contributed by atoms with van der Waals surface area (Å²) in [7, 11) is 5.64. The molecule has 1 fully saturated rings. The van der Waals surface area contributed by atoms with Crippen molar-refractivity contribution < 1.29 is 9.53 Å². The van der Waals surface area contributed by atoms with Crippen molar-refractivity contribution in [2.45, 2.75) is 18.9 Å². The lowest BCUT2D eigenvalue weighted by Gasteiger charge is -2.38. The Morgan fingerprint density at radius 1 is 1.33 bits per heavy atom. The van der Waals surface area contributed by atoms with Crippen molar-refractivity contribution in [3.8, 4) is 0 Å². The molecule has 0 saturated carbocycles. The smallest absolute Gasteiger partial charge is 0.236 e. The molecule has 1 amide bonds. The van der Waals surface area contributed by atoms with Gasteiger partial charge in [0.2, 0.25) is 5.91 Å². The number of nitrogens with zero attached hydrogens (tertiary/aromatic N) is 2. The maximum absolute atomic E-state index is 12.2. The molecule has 1 aliphatic heterocycles. The lowest BCUT2D eigenvalue weighted by atomic mass is 9.88. The SMILES string of the molecule is CO[C@H]1CCN(C(=O)CN(C)C)C[C@@H]1Cc1ccccc1. The summed E-state index contributed by atoms with van der Waals surface area (Å²) in [5.41, 5.74) is 1.31. The molecule has 0 spiro atoms. The quantitative estimate of drug-likeness (QED) is 0.827. The van der Waals surface area contributed by atoms with Gasteiger partial charge < -0.3 is 14.5 Å². The number of likely N-dealkylation sites (N-methyl/N-ethyl adjacent to an activating group) is 1. The van der Waals surface area contributed by atoms with Gasteiger partial charge in [0.15, 0.2) is 0 Å². The summed E-state index contributed by atoms with van der Waals surface area (Å²) in [6.45, 7) is 2.08. The van der Waals surface area contributed by atoms with Crippen molar-refractivity contribution in [1.82, 2.24) is 9.80 Å². The maximum Gasteiger partial charge on any atom is 0.236 e. The van der Waals surface area contributed by atoms with Gasteiger partial charge in [-0.1, -0.05) is 30.3 Å². The van der Waals surface area contributed by atoms with E-state index in [1.807, 2.05) is 30.0 Å². The summed E-state index contributed by atoms with van der Waals surface area (Å²) in [6.07, 6.45) is 2.13. The second kappa shape index (κ2) is 7.57. The minimum atomic E-state index is 0.215. The third kappa shape index (κ3) is 4.55. The van der Waals surface area contributed by atoms with Gasteiger partial charge in [0, 0.05) is 26.1 Å². The standard InChI is InChI=1S/C17H26N2O2/c1-18(2)13-17(20)19-10-9-16(21-3)15(12-19)11-14-7-5-4-6-8-14/h4-8,15-16H,9-13H2,1-3H3/t15-,16-/m0/s1. The van der Waals surface area contributed by atoms with Gasteiger partial charge in [-0.25, -0.2) is 0 Å². The maximum atomic E-state index is 12.2. The minimum absolute atomic E-state index is 0.215. The second-order valence-corrected chi connectivity index (χ2v) is 6.09. The highest BCUT2D eigenvalue weighted by molar-refractivity contribution is 5.78. The number of rotatable bonds is 5. The first kappa shape index (κ1) is 16.0. The molecular weight excluding hydrogens is 264 g/mol. The van der Waals surface area contributed by atoms with E-state index in [-0.39, 0.29) is 12.0 Å². The van der Waals surface area contributed by atoms with Crippen LogP contribution in [-0.4, -0.2) is 62.7 Å². The minimum Gasteiger partial charge on any atom is -0.381 e. The Hall–Kier alpha value is -1.39. The van der Waals surface area contributed by atoms with Gasteiger partial charge >= 0.3 is 0 Å². The molecule has 4 nitrogen and oxygen atoms in total. The topological polar surface area (TPSA) is 32.8 Å². The fourth-order valence-corrected chi connectivity index (χ4v) is 3.03. The normalized spacial score (nSPS) is 22.6. The first-order chi connectivity index (χ1) is 10.1. The summed E-state index contributed by atoms with van der Waals surface area (Å²) in [6, 6.07) is 10.5. The van der Waals surface area contributed by atoms with Crippen LogP contribution in [0.1, 0.15) is 12.0 Å². The van der Waals surface area contributed by atoms with Crippen molar-refractivity contribution in [1.29, 1.82) is 0 Å². The fourth-order valence-electron chi connectivity index (χ4n) is 3.03. The molecule has 1 aromatic carbocycles. The van der Waals surface area contributed by atoms with Gasteiger partial charge in [-0.3, -0.25) is 4.79 Å². The van der Waals surface area contributed by atoms with Gasteiger partial charge in [-0.05, 0) is 32.5 Å². The van der Waals surface area contributed by atoms with Crippen molar-refractivity contribution in [2.75, 3.05) is 40.8 Å². The molecule has 2 rings (SSSR count). The molecule has 1 aliphatic rings. The number of hydrogen-bond acceptors (Lipinski definition) is 3. The molecule has 116 valence electrons. The number of carbonyl (C=O) groups excluding carboxylic acids is 1. The molecule has 0 unspecified atom stereocenters. The summed E-state index contributed by atoms with van der Waals surface area (Å²) >= 11 is 0. The van der Waals surface area contributed by atoms with Crippen molar-refractivity contribution >= 4 is 5.91 Å². The number of hydrogen-bond donors (Lipinski definition) is 0. The number of benzene rings is 1. The average Bonchev–Trinajstić information content (AvgIpc) is 2.47. The lowest BCUT2D eigenvalue weighted by Crippen LogP contribution is -2.49. The van der Waals surface area contributed by atoms with Crippen LogP contribution < -0.4 is 0 Å². The van der Waals surface area contributed by atoms with Crippen LogP contribution in [0.4, 0.5) is 0 Å².